The first kappa shape index (κ1) is 18.1. The Hall–Kier alpha value is -2.70. The zero-order chi connectivity index (χ0) is 18.5. The van der Waals surface area contributed by atoms with Gasteiger partial charge in [-0.25, -0.2) is 9.59 Å². The Balaban J connectivity index is 1.74. The number of carbonyl (C=O) groups is 2. The molecule has 2 aromatic carbocycles. The van der Waals surface area contributed by atoms with Gasteiger partial charge in [0.15, 0.2) is 12.4 Å². The van der Waals surface area contributed by atoms with Crippen molar-refractivity contribution in [2.45, 2.75) is 37.9 Å². The van der Waals surface area contributed by atoms with Crippen molar-refractivity contribution in [3.63, 3.8) is 0 Å². The number of hydrogen-bond acceptors (Lipinski definition) is 6. The molecule has 4 atom stereocenters. The SMILES string of the molecule is C[C@@H]1O[C@@H](O)C[C@H](OC(=O)c2ccccc2)[C@@H]1OC(=O)c1ccccc1. The van der Waals surface area contributed by atoms with Crippen LogP contribution in [0.1, 0.15) is 34.1 Å². The quantitative estimate of drug-likeness (QED) is 0.848. The average Bonchev–Trinajstić information content (AvgIpc) is 2.65. The summed E-state index contributed by atoms with van der Waals surface area (Å²) in [5, 5.41) is 9.85. The van der Waals surface area contributed by atoms with Gasteiger partial charge in [-0.3, -0.25) is 0 Å². The predicted octanol–water partition coefficient (Wildman–Crippen LogP) is 2.56. The molecule has 1 saturated heterocycles. The summed E-state index contributed by atoms with van der Waals surface area (Å²) in [4.78, 5) is 24.7. The Morgan fingerprint density at radius 3 is 1.96 bits per heavy atom. The van der Waals surface area contributed by atoms with Crippen molar-refractivity contribution < 1.29 is 28.9 Å². The van der Waals surface area contributed by atoms with E-state index in [0.29, 0.717) is 11.1 Å². The molecule has 6 heteroatoms. The molecule has 136 valence electrons. The van der Waals surface area contributed by atoms with E-state index in [1.807, 2.05) is 0 Å². The molecule has 0 bridgehead atoms. The van der Waals surface area contributed by atoms with Gasteiger partial charge in [-0.15, -0.1) is 0 Å². The van der Waals surface area contributed by atoms with E-state index in [1.54, 1.807) is 67.6 Å². The van der Waals surface area contributed by atoms with Gasteiger partial charge in [0, 0.05) is 6.42 Å². The third-order valence-corrected chi connectivity index (χ3v) is 4.16. The van der Waals surface area contributed by atoms with Crippen molar-refractivity contribution in [2.24, 2.45) is 0 Å². The van der Waals surface area contributed by atoms with Crippen LogP contribution in [0.3, 0.4) is 0 Å². The summed E-state index contributed by atoms with van der Waals surface area (Å²) in [6.07, 6.45) is -3.33. The molecule has 1 aliphatic rings. The zero-order valence-electron chi connectivity index (χ0n) is 14.3. The molecule has 1 heterocycles. The number of aliphatic hydroxyl groups is 1. The molecule has 1 aliphatic heterocycles. The summed E-state index contributed by atoms with van der Waals surface area (Å²) >= 11 is 0. The van der Waals surface area contributed by atoms with Crippen LogP contribution in [0.4, 0.5) is 0 Å². The summed E-state index contributed by atoms with van der Waals surface area (Å²) in [6.45, 7) is 1.66. The first-order valence-electron chi connectivity index (χ1n) is 8.40. The molecule has 0 aromatic heterocycles. The van der Waals surface area contributed by atoms with Crippen LogP contribution in [-0.4, -0.2) is 41.6 Å². The maximum absolute atomic E-state index is 12.4. The van der Waals surface area contributed by atoms with Gasteiger partial charge < -0.3 is 19.3 Å². The standard InChI is InChI=1S/C20H20O6/c1-13-18(26-20(23)15-10-6-3-7-11-15)16(12-17(21)24-13)25-19(22)14-8-4-2-5-9-14/h2-11,13,16-18,21H,12H2,1H3/t13-,16-,17+,18+/m0/s1. The predicted molar refractivity (Wildman–Crippen MR) is 92.5 cm³/mol. The fourth-order valence-electron chi connectivity index (χ4n) is 2.85. The van der Waals surface area contributed by atoms with E-state index >= 15 is 0 Å². The highest BCUT2D eigenvalue weighted by atomic mass is 16.7. The van der Waals surface area contributed by atoms with Gasteiger partial charge in [-0.2, -0.15) is 0 Å². The third kappa shape index (κ3) is 4.28. The Morgan fingerprint density at radius 2 is 1.42 bits per heavy atom. The highest BCUT2D eigenvalue weighted by molar-refractivity contribution is 5.90. The average molecular weight is 356 g/mol. The van der Waals surface area contributed by atoms with E-state index in [1.165, 1.54) is 0 Å². The fraction of sp³-hybridized carbons (Fsp3) is 0.300. The lowest BCUT2D eigenvalue weighted by Gasteiger charge is -2.37. The molecule has 6 nitrogen and oxygen atoms in total. The van der Waals surface area contributed by atoms with Crippen molar-refractivity contribution in [3.8, 4) is 0 Å². The Bertz CT molecular complexity index is 745. The molecule has 0 saturated carbocycles. The van der Waals surface area contributed by atoms with Crippen molar-refractivity contribution in [1.29, 1.82) is 0 Å². The Labute approximate surface area is 151 Å². The number of rotatable bonds is 4. The van der Waals surface area contributed by atoms with Crippen LogP contribution >= 0.6 is 0 Å². The lowest BCUT2D eigenvalue weighted by Crippen LogP contribution is -2.51. The smallest absolute Gasteiger partial charge is 0.338 e. The number of carbonyl (C=O) groups excluding carboxylic acids is 2. The minimum Gasteiger partial charge on any atom is -0.455 e. The monoisotopic (exact) mass is 356 g/mol. The molecule has 26 heavy (non-hydrogen) atoms. The number of esters is 2. The highest BCUT2D eigenvalue weighted by Gasteiger charge is 2.41. The second-order valence-electron chi connectivity index (χ2n) is 6.08. The van der Waals surface area contributed by atoms with Gasteiger partial charge >= 0.3 is 11.9 Å². The van der Waals surface area contributed by atoms with Crippen LogP contribution < -0.4 is 0 Å². The van der Waals surface area contributed by atoms with E-state index in [0.717, 1.165) is 0 Å². The lowest BCUT2D eigenvalue weighted by molar-refractivity contribution is -0.226. The molecule has 2 aromatic rings. The molecular formula is C20H20O6. The zero-order valence-corrected chi connectivity index (χ0v) is 14.3. The van der Waals surface area contributed by atoms with Gasteiger partial charge in [-0.05, 0) is 31.2 Å². The van der Waals surface area contributed by atoms with Gasteiger partial charge in [0.25, 0.3) is 0 Å². The van der Waals surface area contributed by atoms with Crippen LogP contribution in [0.2, 0.25) is 0 Å². The molecule has 0 amide bonds. The van der Waals surface area contributed by atoms with Crippen LogP contribution in [0.5, 0.6) is 0 Å². The first-order valence-corrected chi connectivity index (χ1v) is 8.40. The van der Waals surface area contributed by atoms with Crippen molar-refractivity contribution in [1.82, 2.24) is 0 Å². The normalized spacial score (nSPS) is 25.3. The largest absolute Gasteiger partial charge is 0.455 e. The van der Waals surface area contributed by atoms with E-state index in [4.69, 9.17) is 14.2 Å². The maximum Gasteiger partial charge on any atom is 0.338 e. The van der Waals surface area contributed by atoms with Gasteiger partial charge in [0.2, 0.25) is 0 Å². The summed E-state index contributed by atoms with van der Waals surface area (Å²) in [6, 6.07) is 17.0. The van der Waals surface area contributed by atoms with E-state index in [-0.39, 0.29) is 6.42 Å². The van der Waals surface area contributed by atoms with Crippen molar-refractivity contribution >= 4 is 11.9 Å². The number of hydrogen-bond donors (Lipinski definition) is 1. The lowest BCUT2D eigenvalue weighted by atomic mass is 10.0. The summed E-state index contributed by atoms with van der Waals surface area (Å²) in [5.41, 5.74) is 0.772. The second-order valence-corrected chi connectivity index (χ2v) is 6.08. The van der Waals surface area contributed by atoms with Crippen LogP contribution in [0.15, 0.2) is 60.7 Å². The maximum atomic E-state index is 12.4. The number of ether oxygens (including phenoxy) is 3. The molecule has 1 fully saturated rings. The van der Waals surface area contributed by atoms with Gasteiger partial charge in [0.05, 0.1) is 17.2 Å². The van der Waals surface area contributed by atoms with Crippen molar-refractivity contribution in [2.75, 3.05) is 0 Å². The van der Waals surface area contributed by atoms with Gasteiger partial charge in [-0.1, -0.05) is 36.4 Å². The molecule has 0 radical (unpaired) electrons. The fourth-order valence-corrected chi connectivity index (χ4v) is 2.85. The summed E-state index contributed by atoms with van der Waals surface area (Å²) in [5.74, 6) is -1.08. The van der Waals surface area contributed by atoms with Crippen LogP contribution in [0.25, 0.3) is 0 Å². The van der Waals surface area contributed by atoms with E-state index in [2.05, 4.69) is 0 Å². The second kappa shape index (κ2) is 8.12. The minimum atomic E-state index is -1.09. The number of aliphatic hydroxyl groups excluding tert-OH is 1. The summed E-state index contributed by atoms with van der Waals surface area (Å²) in [7, 11) is 0. The number of benzene rings is 2. The molecule has 0 spiro atoms. The molecule has 3 rings (SSSR count). The third-order valence-electron chi connectivity index (χ3n) is 4.16. The topological polar surface area (TPSA) is 82.1 Å². The van der Waals surface area contributed by atoms with Crippen LogP contribution in [0, 0.1) is 0 Å². The molecule has 0 unspecified atom stereocenters. The molecular weight excluding hydrogens is 336 g/mol. The first-order chi connectivity index (χ1) is 12.5. The highest BCUT2D eigenvalue weighted by Crippen LogP contribution is 2.26. The Kier molecular flexibility index (Phi) is 5.65. The van der Waals surface area contributed by atoms with E-state index in [9.17, 15) is 14.7 Å². The molecule has 0 aliphatic carbocycles. The minimum absolute atomic E-state index is 0.0235. The van der Waals surface area contributed by atoms with Gasteiger partial charge in [0.1, 0.15) is 6.10 Å². The molecule has 1 N–H and O–H groups in total. The summed E-state index contributed by atoms with van der Waals surface area (Å²) < 4.78 is 16.4. The Morgan fingerprint density at radius 1 is 0.923 bits per heavy atom. The van der Waals surface area contributed by atoms with Crippen molar-refractivity contribution in [3.05, 3.63) is 71.8 Å². The van der Waals surface area contributed by atoms with Crippen LogP contribution in [-0.2, 0) is 14.2 Å². The van der Waals surface area contributed by atoms with E-state index < -0.39 is 36.5 Å².